The number of nitrogens with zero attached hydrogens (tertiary/aromatic N) is 1. The third-order valence-corrected chi connectivity index (χ3v) is 4.29. The average Bonchev–Trinajstić information content (AvgIpc) is 2.83. The van der Waals surface area contributed by atoms with Crippen molar-refractivity contribution in [2.75, 3.05) is 26.2 Å². The fourth-order valence-corrected chi connectivity index (χ4v) is 2.76. The van der Waals surface area contributed by atoms with Gasteiger partial charge in [-0.05, 0) is 66.8 Å². The number of piperidine rings is 1. The number of rotatable bonds is 5. The van der Waals surface area contributed by atoms with E-state index in [-0.39, 0.29) is 5.91 Å². The molecule has 1 saturated heterocycles. The molecule has 1 fully saturated rings. The molecule has 1 aliphatic rings. The van der Waals surface area contributed by atoms with Gasteiger partial charge in [-0.15, -0.1) is 0 Å². The van der Waals surface area contributed by atoms with E-state index in [0.29, 0.717) is 16.8 Å². The van der Waals surface area contributed by atoms with Crippen molar-refractivity contribution in [1.29, 1.82) is 0 Å². The normalized spacial score (nSPS) is 17.6. The lowest BCUT2D eigenvalue weighted by Crippen LogP contribution is -2.35. The number of carbonyl (C=O) groups excluding carboxylic acids is 1. The molecule has 0 aliphatic carbocycles. The van der Waals surface area contributed by atoms with Crippen LogP contribution in [-0.4, -0.2) is 37.0 Å². The molecular weight excluding hydrogens is 308 g/mol. The molecule has 0 saturated carbocycles. The summed E-state index contributed by atoms with van der Waals surface area (Å²) in [7, 11) is 0. The second kappa shape index (κ2) is 7.10. The lowest BCUT2D eigenvalue weighted by Gasteiger charge is -2.30. The van der Waals surface area contributed by atoms with Crippen molar-refractivity contribution in [3.63, 3.8) is 0 Å². The Morgan fingerprint density at radius 1 is 1.53 bits per heavy atom. The van der Waals surface area contributed by atoms with Crippen molar-refractivity contribution in [3.05, 3.63) is 22.6 Å². The number of likely N-dealkylation sites (tertiary alicyclic amines) is 1. The van der Waals surface area contributed by atoms with Crippen LogP contribution >= 0.6 is 15.9 Å². The first-order valence-corrected chi connectivity index (χ1v) is 7.69. The molecule has 0 unspecified atom stereocenters. The third-order valence-electron chi connectivity index (χ3n) is 3.68. The predicted molar refractivity (Wildman–Crippen MR) is 78.2 cm³/mol. The Morgan fingerprint density at radius 2 is 2.26 bits per heavy atom. The van der Waals surface area contributed by atoms with Crippen LogP contribution in [0.4, 0.5) is 0 Å². The van der Waals surface area contributed by atoms with Gasteiger partial charge in [-0.2, -0.15) is 0 Å². The van der Waals surface area contributed by atoms with Crippen molar-refractivity contribution in [1.82, 2.24) is 10.2 Å². The van der Waals surface area contributed by atoms with Crippen LogP contribution in [0.3, 0.4) is 0 Å². The van der Waals surface area contributed by atoms with Crippen LogP contribution in [0.25, 0.3) is 0 Å². The lowest BCUT2D eigenvalue weighted by atomic mass is 9.99. The summed E-state index contributed by atoms with van der Waals surface area (Å²) in [6.45, 7) is 6.49. The van der Waals surface area contributed by atoms with E-state index in [1.807, 2.05) is 0 Å². The number of hydrogen-bond donors (Lipinski definition) is 1. The zero-order chi connectivity index (χ0) is 13.7. The summed E-state index contributed by atoms with van der Waals surface area (Å²) in [4.78, 5) is 14.3. The molecule has 1 aliphatic heterocycles. The quantitative estimate of drug-likeness (QED) is 0.845. The second-order valence-electron chi connectivity index (χ2n) is 5.24. The van der Waals surface area contributed by atoms with Crippen LogP contribution in [0.2, 0.25) is 0 Å². The molecule has 2 heterocycles. The minimum atomic E-state index is -0.0760. The van der Waals surface area contributed by atoms with E-state index in [4.69, 9.17) is 4.42 Å². The van der Waals surface area contributed by atoms with Crippen LogP contribution in [0, 0.1) is 5.92 Å². The zero-order valence-corrected chi connectivity index (χ0v) is 12.9. The van der Waals surface area contributed by atoms with E-state index >= 15 is 0 Å². The molecule has 0 bridgehead atoms. The van der Waals surface area contributed by atoms with Crippen molar-refractivity contribution in [2.45, 2.75) is 26.2 Å². The molecule has 19 heavy (non-hydrogen) atoms. The highest BCUT2D eigenvalue weighted by Crippen LogP contribution is 2.17. The Bertz CT molecular complexity index is 411. The standard InChI is InChI=1S/C14H21BrN2O2/c1-11-3-8-17(9-4-11)7-2-6-16-14(18)12-5-10-19-13(12)15/h5,10-11H,2-4,6-9H2,1H3,(H,16,18). The number of hydrogen-bond acceptors (Lipinski definition) is 3. The van der Waals surface area contributed by atoms with E-state index in [2.05, 4.69) is 33.1 Å². The van der Waals surface area contributed by atoms with Gasteiger partial charge in [0, 0.05) is 6.54 Å². The summed E-state index contributed by atoms with van der Waals surface area (Å²) in [5.74, 6) is 0.794. The fraction of sp³-hybridized carbons (Fsp3) is 0.643. The Hall–Kier alpha value is -0.810. The Morgan fingerprint density at radius 3 is 2.89 bits per heavy atom. The molecule has 106 valence electrons. The highest BCUT2D eigenvalue weighted by Gasteiger charge is 2.15. The van der Waals surface area contributed by atoms with E-state index in [9.17, 15) is 4.79 Å². The van der Waals surface area contributed by atoms with Gasteiger partial charge < -0.3 is 14.6 Å². The number of amides is 1. The predicted octanol–water partition coefficient (Wildman–Crippen LogP) is 2.89. The van der Waals surface area contributed by atoms with E-state index in [0.717, 1.165) is 18.9 Å². The first kappa shape index (κ1) is 14.6. The molecule has 0 spiro atoms. The van der Waals surface area contributed by atoms with Gasteiger partial charge in [0.05, 0.1) is 11.8 Å². The summed E-state index contributed by atoms with van der Waals surface area (Å²) in [6, 6.07) is 1.67. The summed E-state index contributed by atoms with van der Waals surface area (Å²) in [5.41, 5.74) is 0.562. The SMILES string of the molecule is CC1CCN(CCCNC(=O)c2ccoc2Br)CC1. The molecule has 1 N–H and O–H groups in total. The van der Waals surface area contributed by atoms with Crippen molar-refractivity contribution < 1.29 is 9.21 Å². The van der Waals surface area contributed by atoms with Gasteiger partial charge in [-0.1, -0.05) is 6.92 Å². The van der Waals surface area contributed by atoms with Crippen molar-refractivity contribution >= 4 is 21.8 Å². The molecule has 0 aromatic carbocycles. The third kappa shape index (κ3) is 4.35. The highest BCUT2D eigenvalue weighted by molar-refractivity contribution is 9.10. The van der Waals surface area contributed by atoms with Gasteiger partial charge in [-0.3, -0.25) is 4.79 Å². The minimum absolute atomic E-state index is 0.0760. The largest absolute Gasteiger partial charge is 0.457 e. The van der Waals surface area contributed by atoms with Gasteiger partial charge in [0.2, 0.25) is 0 Å². The maximum atomic E-state index is 11.8. The Labute approximate surface area is 122 Å². The van der Waals surface area contributed by atoms with Crippen LogP contribution in [0.1, 0.15) is 36.5 Å². The van der Waals surface area contributed by atoms with Crippen molar-refractivity contribution in [2.24, 2.45) is 5.92 Å². The van der Waals surface area contributed by atoms with Gasteiger partial charge in [0.25, 0.3) is 5.91 Å². The van der Waals surface area contributed by atoms with Gasteiger partial charge >= 0.3 is 0 Å². The van der Waals surface area contributed by atoms with Gasteiger partial charge in [0.1, 0.15) is 0 Å². The van der Waals surface area contributed by atoms with E-state index < -0.39 is 0 Å². The molecule has 4 nitrogen and oxygen atoms in total. The minimum Gasteiger partial charge on any atom is -0.457 e. The van der Waals surface area contributed by atoms with Crippen LogP contribution in [0.5, 0.6) is 0 Å². The fourth-order valence-electron chi connectivity index (χ4n) is 2.34. The summed E-state index contributed by atoms with van der Waals surface area (Å²) in [6.07, 6.45) is 5.10. The maximum absolute atomic E-state index is 11.8. The Balaban J connectivity index is 1.62. The number of furan rings is 1. The van der Waals surface area contributed by atoms with Gasteiger partial charge in [0.15, 0.2) is 4.67 Å². The maximum Gasteiger partial charge on any atom is 0.255 e. The smallest absolute Gasteiger partial charge is 0.255 e. The van der Waals surface area contributed by atoms with E-state index in [1.165, 1.54) is 32.2 Å². The lowest BCUT2D eigenvalue weighted by molar-refractivity contribution is 0.0949. The molecular formula is C14H21BrN2O2. The van der Waals surface area contributed by atoms with Gasteiger partial charge in [-0.25, -0.2) is 0 Å². The molecule has 1 amide bonds. The first-order valence-electron chi connectivity index (χ1n) is 6.90. The average molecular weight is 329 g/mol. The molecule has 0 atom stereocenters. The number of nitrogens with one attached hydrogen (secondary N) is 1. The zero-order valence-electron chi connectivity index (χ0n) is 11.3. The Kier molecular flexibility index (Phi) is 5.45. The van der Waals surface area contributed by atoms with Crippen LogP contribution < -0.4 is 5.32 Å². The van der Waals surface area contributed by atoms with Crippen LogP contribution in [-0.2, 0) is 0 Å². The first-order chi connectivity index (χ1) is 9.16. The van der Waals surface area contributed by atoms with E-state index in [1.54, 1.807) is 6.07 Å². The second-order valence-corrected chi connectivity index (χ2v) is 5.96. The molecule has 1 aromatic rings. The monoisotopic (exact) mass is 328 g/mol. The summed E-state index contributed by atoms with van der Waals surface area (Å²) < 4.78 is 5.54. The molecule has 1 aromatic heterocycles. The summed E-state index contributed by atoms with van der Waals surface area (Å²) >= 11 is 3.21. The number of carbonyl (C=O) groups is 1. The molecule has 5 heteroatoms. The molecule has 0 radical (unpaired) electrons. The van der Waals surface area contributed by atoms with Crippen molar-refractivity contribution in [3.8, 4) is 0 Å². The van der Waals surface area contributed by atoms with Crippen LogP contribution in [0.15, 0.2) is 21.4 Å². The molecule has 2 rings (SSSR count). The number of halogens is 1. The topological polar surface area (TPSA) is 45.5 Å². The highest BCUT2D eigenvalue weighted by atomic mass is 79.9. The summed E-state index contributed by atoms with van der Waals surface area (Å²) in [5, 5.41) is 2.92.